The molecule has 1 heterocycles. The summed E-state index contributed by atoms with van der Waals surface area (Å²) in [5, 5.41) is 0.666. The average Bonchev–Trinajstić information content (AvgIpc) is 2.61. The van der Waals surface area contributed by atoms with Crippen LogP contribution in [0.2, 0.25) is 5.02 Å². The van der Waals surface area contributed by atoms with E-state index in [2.05, 4.69) is 19.1 Å². The van der Waals surface area contributed by atoms with Gasteiger partial charge in [0.25, 0.3) is 0 Å². The van der Waals surface area contributed by atoms with Crippen LogP contribution in [-0.4, -0.2) is 11.7 Å². The van der Waals surface area contributed by atoms with Crippen molar-refractivity contribution in [3.63, 3.8) is 0 Å². The first-order valence-electron chi connectivity index (χ1n) is 6.92. The van der Waals surface area contributed by atoms with Crippen LogP contribution in [0, 0.1) is 6.92 Å². The molecule has 0 saturated heterocycles. The molecule has 0 saturated carbocycles. The van der Waals surface area contributed by atoms with E-state index in [-0.39, 0.29) is 5.91 Å². The highest BCUT2D eigenvalue weighted by Crippen LogP contribution is 2.37. The van der Waals surface area contributed by atoms with Crippen LogP contribution in [0.3, 0.4) is 0 Å². The normalized spacial score (nSPS) is 14.8. The molecule has 2 nitrogen and oxygen atoms in total. The number of carbonyl (C=O) groups excluding carboxylic acids is 1. The monoisotopic (exact) mass is 317 g/mol. The van der Waals surface area contributed by atoms with Crippen molar-refractivity contribution in [1.29, 1.82) is 0 Å². The summed E-state index contributed by atoms with van der Waals surface area (Å²) in [6, 6.07) is 14.0. The molecule has 4 heteroatoms. The summed E-state index contributed by atoms with van der Waals surface area (Å²) in [7, 11) is 0. The van der Waals surface area contributed by atoms with Crippen molar-refractivity contribution in [3.8, 4) is 0 Å². The number of amides is 1. The van der Waals surface area contributed by atoms with Gasteiger partial charge >= 0.3 is 0 Å². The lowest BCUT2D eigenvalue weighted by Gasteiger charge is -2.24. The van der Waals surface area contributed by atoms with Crippen molar-refractivity contribution in [2.45, 2.75) is 24.8 Å². The minimum absolute atomic E-state index is 0.159. The smallest absolute Gasteiger partial charge is 0.228 e. The molecule has 0 fully saturated rings. The zero-order valence-corrected chi connectivity index (χ0v) is 13.4. The SMILES string of the molecule is Cc1ccccc1CN1C(=O)CCSc2ccc(Cl)cc21. The molecule has 2 aromatic carbocycles. The van der Waals surface area contributed by atoms with Crippen molar-refractivity contribution < 1.29 is 4.79 Å². The van der Waals surface area contributed by atoms with Crippen LogP contribution in [0.15, 0.2) is 47.4 Å². The standard InChI is InChI=1S/C17H16ClNOS/c1-12-4-2-3-5-13(12)11-19-15-10-14(18)6-7-16(15)21-9-8-17(19)20/h2-7,10H,8-9,11H2,1H3. The van der Waals surface area contributed by atoms with Gasteiger partial charge in [0.2, 0.25) is 5.91 Å². The Kier molecular flexibility index (Phi) is 4.22. The van der Waals surface area contributed by atoms with Gasteiger partial charge < -0.3 is 4.90 Å². The fraction of sp³-hybridized carbons (Fsp3) is 0.235. The molecule has 1 aliphatic rings. The lowest BCUT2D eigenvalue weighted by Crippen LogP contribution is -2.30. The number of halogens is 1. The average molecular weight is 318 g/mol. The Labute approximate surface area is 134 Å². The summed E-state index contributed by atoms with van der Waals surface area (Å²) in [6.45, 7) is 2.67. The van der Waals surface area contributed by atoms with Gasteiger partial charge in [-0.3, -0.25) is 4.79 Å². The highest BCUT2D eigenvalue weighted by atomic mass is 35.5. The number of benzene rings is 2. The van der Waals surface area contributed by atoms with Gasteiger partial charge in [0, 0.05) is 22.1 Å². The molecule has 1 amide bonds. The maximum atomic E-state index is 12.5. The Morgan fingerprint density at radius 3 is 2.86 bits per heavy atom. The number of fused-ring (bicyclic) bond motifs is 1. The second-order valence-electron chi connectivity index (χ2n) is 5.12. The Morgan fingerprint density at radius 1 is 1.24 bits per heavy atom. The number of carbonyl (C=O) groups is 1. The predicted octanol–water partition coefficient (Wildman–Crippen LogP) is 4.68. The van der Waals surface area contributed by atoms with Crippen LogP contribution in [-0.2, 0) is 11.3 Å². The molecule has 0 unspecified atom stereocenters. The zero-order chi connectivity index (χ0) is 14.8. The van der Waals surface area contributed by atoms with E-state index < -0.39 is 0 Å². The minimum Gasteiger partial charge on any atom is -0.307 e. The molecule has 0 atom stereocenters. The zero-order valence-electron chi connectivity index (χ0n) is 11.8. The number of thioether (sulfide) groups is 1. The maximum absolute atomic E-state index is 12.5. The molecular formula is C17H16ClNOS. The fourth-order valence-electron chi connectivity index (χ4n) is 2.47. The van der Waals surface area contributed by atoms with Crippen LogP contribution in [0.4, 0.5) is 5.69 Å². The van der Waals surface area contributed by atoms with Gasteiger partial charge in [-0.1, -0.05) is 35.9 Å². The van der Waals surface area contributed by atoms with Gasteiger partial charge in [0.05, 0.1) is 12.2 Å². The van der Waals surface area contributed by atoms with E-state index in [0.29, 0.717) is 18.0 Å². The molecule has 0 spiro atoms. The van der Waals surface area contributed by atoms with Crippen LogP contribution in [0.1, 0.15) is 17.5 Å². The molecule has 0 aliphatic carbocycles. The van der Waals surface area contributed by atoms with Crippen molar-refractivity contribution in [2.75, 3.05) is 10.7 Å². The molecule has 0 N–H and O–H groups in total. The van der Waals surface area contributed by atoms with Gasteiger partial charge in [-0.05, 0) is 36.2 Å². The van der Waals surface area contributed by atoms with Crippen molar-refractivity contribution in [1.82, 2.24) is 0 Å². The maximum Gasteiger partial charge on any atom is 0.228 e. The minimum atomic E-state index is 0.159. The van der Waals surface area contributed by atoms with Gasteiger partial charge in [0.1, 0.15) is 0 Å². The summed E-state index contributed by atoms with van der Waals surface area (Å²) >= 11 is 7.85. The number of hydrogen-bond acceptors (Lipinski definition) is 2. The number of nitrogens with zero attached hydrogens (tertiary/aromatic N) is 1. The first kappa shape index (κ1) is 14.5. The molecule has 2 aromatic rings. The van der Waals surface area contributed by atoms with E-state index in [1.807, 2.05) is 35.2 Å². The van der Waals surface area contributed by atoms with Crippen LogP contribution < -0.4 is 4.90 Å². The van der Waals surface area contributed by atoms with Crippen LogP contribution >= 0.6 is 23.4 Å². The topological polar surface area (TPSA) is 20.3 Å². The van der Waals surface area contributed by atoms with Gasteiger partial charge in [0.15, 0.2) is 0 Å². The molecule has 0 radical (unpaired) electrons. The van der Waals surface area contributed by atoms with E-state index >= 15 is 0 Å². The second kappa shape index (κ2) is 6.12. The highest BCUT2D eigenvalue weighted by Gasteiger charge is 2.23. The lowest BCUT2D eigenvalue weighted by atomic mass is 10.1. The Hall–Kier alpha value is -1.45. The molecule has 1 aliphatic heterocycles. The molecule has 21 heavy (non-hydrogen) atoms. The third kappa shape index (κ3) is 3.09. The number of anilines is 1. The van der Waals surface area contributed by atoms with Gasteiger partial charge in [-0.2, -0.15) is 0 Å². The molecular weight excluding hydrogens is 302 g/mol. The number of aryl methyl sites for hydroxylation is 1. The van der Waals surface area contributed by atoms with Gasteiger partial charge in [-0.25, -0.2) is 0 Å². The fourth-order valence-corrected chi connectivity index (χ4v) is 3.62. The van der Waals surface area contributed by atoms with Crippen LogP contribution in [0.5, 0.6) is 0 Å². The van der Waals surface area contributed by atoms with E-state index in [4.69, 9.17) is 11.6 Å². The molecule has 0 aromatic heterocycles. The number of hydrogen-bond donors (Lipinski definition) is 0. The van der Waals surface area contributed by atoms with E-state index in [9.17, 15) is 4.79 Å². The van der Waals surface area contributed by atoms with E-state index in [1.54, 1.807) is 11.8 Å². The van der Waals surface area contributed by atoms with Crippen molar-refractivity contribution in [3.05, 3.63) is 58.6 Å². The summed E-state index contributed by atoms with van der Waals surface area (Å²) < 4.78 is 0. The molecule has 108 valence electrons. The van der Waals surface area contributed by atoms with Gasteiger partial charge in [-0.15, -0.1) is 11.8 Å². The van der Waals surface area contributed by atoms with Crippen molar-refractivity contribution in [2.24, 2.45) is 0 Å². The van der Waals surface area contributed by atoms with Crippen molar-refractivity contribution >= 4 is 35.0 Å². The molecule has 3 rings (SSSR count). The quantitative estimate of drug-likeness (QED) is 0.801. The summed E-state index contributed by atoms with van der Waals surface area (Å²) in [4.78, 5) is 15.5. The van der Waals surface area contributed by atoms with Crippen LogP contribution in [0.25, 0.3) is 0 Å². The summed E-state index contributed by atoms with van der Waals surface area (Å²) in [5.74, 6) is 0.976. The van der Waals surface area contributed by atoms with E-state index in [0.717, 1.165) is 16.3 Å². The first-order chi connectivity index (χ1) is 10.1. The summed E-state index contributed by atoms with van der Waals surface area (Å²) in [6.07, 6.45) is 0.558. The number of rotatable bonds is 2. The summed E-state index contributed by atoms with van der Waals surface area (Å²) in [5.41, 5.74) is 3.30. The second-order valence-corrected chi connectivity index (χ2v) is 6.69. The molecule has 0 bridgehead atoms. The lowest BCUT2D eigenvalue weighted by molar-refractivity contribution is -0.118. The Balaban J connectivity index is 2.02. The third-order valence-electron chi connectivity index (χ3n) is 3.68. The third-order valence-corrected chi connectivity index (χ3v) is 4.98. The first-order valence-corrected chi connectivity index (χ1v) is 8.29. The largest absolute Gasteiger partial charge is 0.307 e. The Bertz CT molecular complexity index is 686. The Morgan fingerprint density at radius 2 is 2.05 bits per heavy atom. The van der Waals surface area contributed by atoms with E-state index in [1.165, 1.54) is 11.1 Å². The highest BCUT2D eigenvalue weighted by molar-refractivity contribution is 7.99. The predicted molar refractivity (Wildman–Crippen MR) is 89.2 cm³/mol.